The topological polar surface area (TPSA) is 75.6 Å². The van der Waals surface area contributed by atoms with Gasteiger partial charge in [0.05, 0.1) is 16.3 Å². The van der Waals surface area contributed by atoms with Crippen molar-refractivity contribution in [2.75, 3.05) is 11.9 Å². The van der Waals surface area contributed by atoms with Crippen molar-refractivity contribution in [3.63, 3.8) is 0 Å². The average molecular weight is 388 g/mol. The molecule has 0 saturated heterocycles. The minimum atomic E-state index is -4.60. The lowest BCUT2D eigenvalue weighted by Crippen LogP contribution is -2.21. The molecule has 5 nitrogen and oxygen atoms in total. The lowest BCUT2D eigenvalue weighted by Gasteiger charge is -2.12. The van der Waals surface area contributed by atoms with E-state index in [1.165, 1.54) is 12.1 Å². The Kier molecular flexibility index (Phi) is 5.76. The number of alkyl halides is 3. The summed E-state index contributed by atoms with van der Waals surface area (Å²) in [7, 11) is 0. The second-order valence-corrected chi connectivity index (χ2v) is 5.74. The highest BCUT2D eigenvalue weighted by Crippen LogP contribution is 2.33. The molecule has 0 spiro atoms. The summed E-state index contributed by atoms with van der Waals surface area (Å²) in [5, 5.41) is 11.7. The predicted molar refractivity (Wildman–Crippen MR) is 88.2 cm³/mol. The van der Waals surface area contributed by atoms with Crippen molar-refractivity contribution in [3.05, 3.63) is 58.1 Å². The number of halogens is 4. The number of aryl methyl sites for hydroxylation is 1. The molecule has 2 aromatic rings. The molecular weight excluding hydrogens is 375 g/mol. The smallest absolute Gasteiger partial charge is 0.416 e. The molecule has 26 heavy (non-hydrogen) atoms. The van der Waals surface area contributed by atoms with E-state index in [1.54, 1.807) is 13.0 Å². The molecule has 0 fully saturated rings. The number of rotatable bonds is 4. The number of hydrogen-bond donors (Lipinski definition) is 2. The van der Waals surface area contributed by atoms with Gasteiger partial charge in [0, 0.05) is 0 Å². The van der Waals surface area contributed by atoms with Crippen LogP contribution in [0, 0.1) is 6.92 Å². The number of amides is 1. The molecule has 0 aliphatic heterocycles. The first-order valence-corrected chi connectivity index (χ1v) is 7.59. The molecule has 2 aromatic carbocycles. The molecule has 0 radical (unpaired) electrons. The van der Waals surface area contributed by atoms with Crippen LogP contribution in [-0.2, 0) is 15.7 Å². The zero-order valence-electron chi connectivity index (χ0n) is 13.4. The van der Waals surface area contributed by atoms with E-state index in [0.717, 1.165) is 17.7 Å². The van der Waals surface area contributed by atoms with Gasteiger partial charge in [-0.2, -0.15) is 13.2 Å². The van der Waals surface area contributed by atoms with Crippen LogP contribution in [-0.4, -0.2) is 23.6 Å². The SMILES string of the molecule is Cc1ccc(C(=O)OCC(=O)Nc2cc(C(F)(F)F)ccc2Cl)c(O)c1. The fraction of sp³-hybridized carbons (Fsp3) is 0.176. The number of carbonyl (C=O) groups excluding carboxylic acids is 2. The lowest BCUT2D eigenvalue weighted by atomic mass is 10.1. The van der Waals surface area contributed by atoms with Crippen molar-refractivity contribution < 1.29 is 32.6 Å². The summed E-state index contributed by atoms with van der Waals surface area (Å²) < 4.78 is 42.8. The van der Waals surface area contributed by atoms with Crippen LogP contribution < -0.4 is 5.32 Å². The second-order valence-electron chi connectivity index (χ2n) is 5.34. The molecule has 0 unspecified atom stereocenters. The number of carbonyl (C=O) groups is 2. The van der Waals surface area contributed by atoms with E-state index in [1.807, 2.05) is 0 Å². The van der Waals surface area contributed by atoms with Gasteiger partial charge in [0.15, 0.2) is 6.61 Å². The Hall–Kier alpha value is -2.74. The van der Waals surface area contributed by atoms with Crippen LogP contribution in [0.15, 0.2) is 36.4 Å². The number of anilines is 1. The molecular formula is C17H13ClF3NO4. The van der Waals surface area contributed by atoms with Crippen molar-refractivity contribution in [1.82, 2.24) is 0 Å². The molecule has 9 heteroatoms. The molecule has 0 aliphatic carbocycles. The molecule has 0 aliphatic rings. The molecule has 138 valence electrons. The standard InChI is InChI=1S/C17H13ClF3NO4/c1-9-2-4-11(14(23)6-9)16(25)26-8-15(24)22-13-7-10(17(19,20)21)3-5-12(13)18/h2-7,23H,8H2,1H3,(H,22,24). The maximum atomic E-state index is 12.7. The van der Waals surface area contributed by atoms with Gasteiger partial charge in [-0.25, -0.2) is 4.79 Å². The Bertz CT molecular complexity index is 852. The third kappa shape index (κ3) is 4.89. The van der Waals surface area contributed by atoms with Crippen LogP contribution in [0.2, 0.25) is 5.02 Å². The molecule has 2 N–H and O–H groups in total. The Morgan fingerprint density at radius 1 is 1.19 bits per heavy atom. The van der Waals surface area contributed by atoms with Crippen LogP contribution >= 0.6 is 11.6 Å². The minimum absolute atomic E-state index is 0.103. The van der Waals surface area contributed by atoms with E-state index in [-0.39, 0.29) is 22.0 Å². The number of hydrogen-bond acceptors (Lipinski definition) is 4. The summed E-state index contributed by atoms with van der Waals surface area (Å²) in [4.78, 5) is 23.7. The van der Waals surface area contributed by atoms with E-state index in [4.69, 9.17) is 16.3 Å². The quantitative estimate of drug-likeness (QED) is 0.772. The van der Waals surface area contributed by atoms with Crippen molar-refractivity contribution in [1.29, 1.82) is 0 Å². The van der Waals surface area contributed by atoms with Crippen molar-refractivity contribution >= 4 is 29.2 Å². The van der Waals surface area contributed by atoms with E-state index in [2.05, 4.69) is 5.32 Å². The summed E-state index contributed by atoms with van der Waals surface area (Å²) in [5.74, 6) is -2.14. The van der Waals surface area contributed by atoms with E-state index < -0.39 is 30.2 Å². The van der Waals surface area contributed by atoms with Crippen LogP contribution in [0.5, 0.6) is 5.75 Å². The Morgan fingerprint density at radius 3 is 2.50 bits per heavy atom. The fourth-order valence-corrected chi connectivity index (χ4v) is 2.17. The monoisotopic (exact) mass is 387 g/mol. The molecule has 0 bridgehead atoms. The maximum absolute atomic E-state index is 12.7. The van der Waals surface area contributed by atoms with Crippen LogP contribution in [0.3, 0.4) is 0 Å². The Morgan fingerprint density at radius 2 is 1.88 bits per heavy atom. The molecule has 0 saturated carbocycles. The first-order chi connectivity index (χ1) is 12.1. The third-order valence-electron chi connectivity index (χ3n) is 3.28. The molecule has 2 rings (SSSR count). The zero-order chi connectivity index (χ0) is 19.5. The lowest BCUT2D eigenvalue weighted by molar-refractivity contribution is -0.137. The predicted octanol–water partition coefficient (Wildman–Crippen LogP) is 4.17. The van der Waals surface area contributed by atoms with E-state index in [0.29, 0.717) is 6.07 Å². The van der Waals surface area contributed by atoms with Crippen molar-refractivity contribution in [2.45, 2.75) is 13.1 Å². The van der Waals surface area contributed by atoms with E-state index >= 15 is 0 Å². The number of phenolic OH excluding ortho intramolecular Hbond substituents is 1. The summed E-state index contributed by atoms with van der Waals surface area (Å²) in [5.41, 5.74) is -0.670. The first-order valence-electron chi connectivity index (χ1n) is 7.21. The maximum Gasteiger partial charge on any atom is 0.416 e. The van der Waals surface area contributed by atoms with Gasteiger partial charge >= 0.3 is 12.1 Å². The summed E-state index contributed by atoms with van der Waals surface area (Å²) in [6.45, 7) is 0.944. The summed E-state index contributed by atoms with van der Waals surface area (Å²) in [6.07, 6.45) is -4.60. The molecule has 0 aromatic heterocycles. The van der Waals surface area contributed by atoms with Crippen LogP contribution in [0.4, 0.5) is 18.9 Å². The van der Waals surface area contributed by atoms with Crippen molar-refractivity contribution in [2.24, 2.45) is 0 Å². The highest BCUT2D eigenvalue weighted by molar-refractivity contribution is 6.33. The van der Waals surface area contributed by atoms with Gasteiger partial charge in [-0.3, -0.25) is 4.79 Å². The highest BCUT2D eigenvalue weighted by Gasteiger charge is 2.31. The highest BCUT2D eigenvalue weighted by atomic mass is 35.5. The number of esters is 1. The van der Waals surface area contributed by atoms with Crippen molar-refractivity contribution in [3.8, 4) is 5.75 Å². The molecule has 0 atom stereocenters. The molecule has 0 heterocycles. The summed E-state index contributed by atoms with van der Waals surface area (Å²) in [6, 6.07) is 6.69. The van der Waals surface area contributed by atoms with Gasteiger partial charge < -0.3 is 15.2 Å². The Balaban J connectivity index is 2.02. The van der Waals surface area contributed by atoms with Gasteiger partial charge in [0.2, 0.25) is 0 Å². The zero-order valence-corrected chi connectivity index (χ0v) is 14.1. The Labute approximate surface area is 151 Å². The van der Waals surface area contributed by atoms with Gasteiger partial charge in [0.25, 0.3) is 5.91 Å². The van der Waals surface area contributed by atoms with E-state index in [9.17, 15) is 27.9 Å². The van der Waals surface area contributed by atoms with Gasteiger partial charge in [-0.05, 0) is 42.8 Å². The second kappa shape index (κ2) is 7.65. The van der Waals surface area contributed by atoms with Gasteiger partial charge in [-0.15, -0.1) is 0 Å². The van der Waals surface area contributed by atoms with Crippen LogP contribution in [0.25, 0.3) is 0 Å². The van der Waals surface area contributed by atoms with Gasteiger partial charge in [0.1, 0.15) is 11.3 Å². The number of phenols is 1. The number of ether oxygens (including phenoxy) is 1. The molecule has 1 amide bonds. The fourth-order valence-electron chi connectivity index (χ4n) is 2.01. The summed E-state index contributed by atoms with van der Waals surface area (Å²) >= 11 is 5.76. The van der Waals surface area contributed by atoms with Crippen LogP contribution in [0.1, 0.15) is 21.5 Å². The number of benzene rings is 2. The minimum Gasteiger partial charge on any atom is -0.507 e. The first kappa shape index (κ1) is 19.6. The average Bonchev–Trinajstić information content (AvgIpc) is 2.53. The normalized spacial score (nSPS) is 11.1. The number of nitrogens with one attached hydrogen (secondary N) is 1. The number of aromatic hydroxyl groups is 1. The van der Waals surface area contributed by atoms with Gasteiger partial charge in [-0.1, -0.05) is 17.7 Å². The largest absolute Gasteiger partial charge is 0.507 e. The third-order valence-corrected chi connectivity index (χ3v) is 3.60.